The smallest absolute Gasteiger partial charge is 0.407 e. The Labute approximate surface area is 199 Å². The van der Waals surface area contributed by atoms with Crippen molar-refractivity contribution in [2.75, 3.05) is 39.3 Å². The van der Waals surface area contributed by atoms with Crippen LogP contribution in [0.25, 0.3) is 11.1 Å². The van der Waals surface area contributed by atoms with E-state index in [1.165, 1.54) is 11.1 Å². The van der Waals surface area contributed by atoms with Gasteiger partial charge in [0, 0.05) is 44.6 Å². The number of hydrogen-bond acceptors (Lipinski definition) is 5. The van der Waals surface area contributed by atoms with Gasteiger partial charge in [0.05, 0.1) is 6.54 Å². The largest absolute Gasteiger partial charge is 0.480 e. The number of carboxylic acids is 1. The Morgan fingerprint density at radius 2 is 1.59 bits per heavy atom. The molecule has 0 aromatic heterocycles. The Balaban J connectivity index is 1.28. The van der Waals surface area contributed by atoms with Crippen molar-refractivity contribution in [1.82, 2.24) is 15.1 Å². The first-order valence-corrected chi connectivity index (χ1v) is 11.8. The predicted octanol–water partition coefficient (Wildman–Crippen LogP) is 2.92. The van der Waals surface area contributed by atoms with Gasteiger partial charge in [-0.05, 0) is 28.7 Å². The number of piperazine rings is 1. The first kappa shape index (κ1) is 23.8. The fraction of sp³-hybridized carbons (Fsp3) is 0.423. The van der Waals surface area contributed by atoms with E-state index in [1.54, 1.807) is 4.90 Å². The summed E-state index contributed by atoms with van der Waals surface area (Å²) in [5.74, 6) is -0.916. The normalized spacial score (nSPS) is 16.4. The van der Waals surface area contributed by atoms with Gasteiger partial charge in [-0.25, -0.2) is 4.79 Å². The Bertz CT molecular complexity index is 1000. The average Bonchev–Trinajstić information content (AvgIpc) is 3.16. The molecule has 2 amide bonds. The van der Waals surface area contributed by atoms with Crippen molar-refractivity contribution in [2.24, 2.45) is 0 Å². The summed E-state index contributed by atoms with van der Waals surface area (Å²) in [5, 5.41) is 11.8. The lowest BCUT2D eigenvalue weighted by Crippen LogP contribution is -2.51. The molecule has 2 aromatic rings. The summed E-state index contributed by atoms with van der Waals surface area (Å²) in [6, 6.07) is 16.0. The standard InChI is InChI=1S/C26H31N3O5/c1-2-18(15-24(30)29-13-11-28(12-14-29)16-25(31)32)27-26(33)34-17-23-21-9-5-3-7-19(21)20-8-4-6-10-22(20)23/h3-10,18,23H,2,11-17H2,1H3,(H,27,33)(H,31,32)/t18-/m1/s1. The number of rotatable bonds is 8. The number of ether oxygens (including phenoxy) is 1. The van der Waals surface area contributed by atoms with Crippen molar-refractivity contribution in [3.05, 3.63) is 59.7 Å². The van der Waals surface area contributed by atoms with E-state index in [4.69, 9.17) is 9.84 Å². The molecule has 1 fully saturated rings. The van der Waals surface area contributed by atoms with Crippen LogP contribution in [-0.4, -0.2) is 78.2 Å². The van der Waals surface area contributed by atoms with Gasteiger partial charge < -0.3 is 20.1 Å². The van der Waals surface area contributed by atoms with E-state index in [2.05, 4.69) is 29.6 Å². The molecule has 34 heavy (non-hydrogen) atoms. The summed E-state index contributed by atoms with van der Waals surface area (Å²) >= 11 is 0. The van der Waals surface area contributed by atoms with Crippen molar-refractivity contribution in [1.29, 1.82) is 0 Å². The maximum atomic E-state index is 12.7. The fourth-order valence-corrected chi connectivity index (χ4v) is 4.79. The number of carbonyl (C=O) groups excluding carboxylic acids is 2. The molecule has 4 rings (SSSR count). The monoisotopic (exact) mass is 465 g/mol. The molecular formula is C26H31N3O5. The van der Waals surface area contributed by atoms with Crippen LogP contribution in [0.4, 0.5) is 4.79 Å². The first-order valence-electron chi connectivity index (χ1n) is 11.8. The highest BCUT2D eigenvalue weighted by molar-refractivity contribution is 5.80. The summed E-state index contributed by atoms with van der Waals surface area (Å²) in [6.07, 6.45) is 0.280. The summed E-state index contributed by atoms with van der Waals surface area (Å²) in [4.78, 5) is 39.7. The number of nitrogens with zero attached hydrogens (tertiary/aromatic N) is 2. The maximum absolute atomic E-state index is 12.7. The molecule has 1 saturated heterocycles. The summed E-state index contributed by atoms with van der Waals surface area (Å²) in [7, 11) is 0. The van der Waals surface area contributed by atoms with Crippen LogP contribution < -0.4 is 5.32 Å². The zero-order valence-electron chi connectivity index (χ0n) is 19.4. The van der Waals surface area contributed by atoms with E-state index in [0.29, 0.717) is 32.6 Å². The Morgan fingerprint density at radius 3 is 2.15 bits per heavy atom. The number of fused-ring (bicyclic) bond motifs is 3. The number of aliphatic carboxylic acids is 1. The molecule has 0 unspecified atom stereocenters. The van der Waals surface area contributed by atoms with Crippen molar-refractivity contribution in [3.8, 4) is 11.1 Å². The number of amides is 2. The highest BCUT2D eigenvalue weighted by Gasteiger charge is 2.30. The third-order valence-corrected chi connectivity index (χ3v) is 6.66. The molecule has 1 aliphatic carbocycles. The molecular weight excluding hydrogens is 434 g/mol. The summed E-state index contributed by atoms with van der Waals surface area (Å²) in [5.41, 5.74) is 4.65. The van der Waals surface area contributed by atoms with Crippen molar-refractivity contribution >= 4 is 18.0 Å². The third-order valence-electron chi connectivity index (χ3n) is 6.66. The molecule has 2 aromatic carbocycles. The lowest BCUT2D eigenvalue weighted by Gasteiger charge is -2.34. The van der Waals surface area contributed by atoms with E-state index in [0.717, 1.165) is 11.1 Å². The van der Waals surface area contributed by atoms with Crippen molar-refractivity contribution < 1.29 is 24.2 Å². The summed E-state index contributed by atoms with van der Waals surface area (Å²) in [6.45, 7) is 4.20. The molecule has 180 valence electrons. The van der Waals surface area contributed by atoms with E-state index in [1.807, 2.05) is 36.1 Å². The number of carbonyl (C=O) groups is 3. The van der Waals surface area contributed by atoms with E-state index < -0.39 is 12.1 Å². The van der Waals surface area contributed by atoms with Crippen LogP contribution >= 0.6 is 0 Å². The lowest BCUT2D eigenvalue weighted by molar-refractivity contribution is -0.139. The van der Waals surface area contributed by atoms with Gasteiger partial charge in [0.1, 0.15) is 6.61 Å². The minimum Gasteiger partial charge on any atom is -0.480 e. The molecule has 1 heterocycles. The highest BCUT2D eigenvalue weighted by Crippen LogP contribution is 2.44. The molecule has 8 nitrogen and oxygen atoms in total. The lowest BCUT2D eigenvalue weighted by atomic mass is 9.98. The van der Waals surface area contributed by atoms with Gasteiger partial charge in [0.15, 0.2) is 0 Å². The quantitative estimate of drug-likeness (QED) is 0.622. The molecule has 0 bridgehead atoms. The SMILES string of the molecule is CC[C@H](CC(=O)N1CCN(CC(=O)O)CC1)NC(=O)OCC1c2ccccc2-c2ccccc21. The number of alkyl carbamates (subject to hydrolysis) is 1. The van der Waals surface area contributed by atoms with Crippen LogP contribution in [0.15, 0.2) is 48.5 Å². The van der Waals surface area contributed by atoms with E-state index in [9.17, 15) is 14.4 Å². The van der Waals surface area contributed by atoms with Gasteiger partial charge in [0.25, 0.3) is 0 Å². The molecule has 8 heteroatoms. The second-order valence-corrected chi connectivity index (χ2v) is 8.83. The molecule has 2 N–H and O–H groups in total. The third kappa shape index (κ3) is 5.39. The van der Waals surface area contributed by atoms with Crippen LogP contribution in [0.1, 0.15) is 36.8 Å². The predicted molar refractivity (Wildman–Crippen MR) is 128 cm³/mol. The second kappa shape index (κ2) is 10.7. The average molecular weight is 466 g/mol. The maximum Gasteiger partial charge on any atom is 0.407 e. The van der Waals surface area contributed by atoms with Crippen LogP contribution in [0.3, 0.4) is 0 Å². The van der Waals surface area contributed by atoms with E-state index in [-0.39, 0.29) is 37.4 Å². The summed E-state index contributed by atoms with van der Waals surface area (Å²) < 4.78 is 5.61. The highest BCUT2D eigenvalue weighted by atomic mass is 16.5. The second-order valence-electron chi connectivity index (χ2n) is 8.83. The van der Waals surface area contributed by atoms with Gasteiger partial charge in [-0.3, -0.25) is 14.5 Å². The number of benzene rings is 2. The topological polar surface area (TPSA) is 99.2 Å². The Hall–Kier alpha value is -3.39. The Kier molecular flexibility index (Phi) is 7.47. The number of nitrogens with one attached hydrogen (secondary N) is 1. The van der Waals surface area contributed by atoms with Crippen LogP contribution in [0, 0.1) is 0 Å². The molecule has 0 spiro atoms. The van der Waals surface area contributed by atoms with Crippen molar-refractivity contribution in [3.63, 3.8) is 0 Å². The fourth-order valence-electron chi connectivity index (χ4n) is 4.79. The zero-order chi connectivity index (χ0) is 24.1. The van der Waals surface area contributed by atoms with Gasteiger partial charge in [0.2, 0.25) is 5.91 Å². The first-order chi connectivity index (χ1) is 16.5. The molecule has 1 atom stereocenters. The molecule has 2 aliphatic rings. The van der Waals surface area contributed by atoms with Gasteiger partial charge in [-0.1, -0.05) is 55.5 Å². The van der Waals surface area contributed by atoms with Crippen LogP contribution in [0.5, 0.6) is 0 Å². The minimum atomic E-state index is -0.863. The number of hydrogen-bond donors (Lipinski definition) is 2. The molecule has 0 saturated carbocycles. The number of carboxylic acid groups (broad SMARTS) is 1. The van der Waals surface area contributed by atoms with E-state index >= 15 is 0 Å². The Morgan fingerprint density at radius 1 is 1.00 bits per heavy atom. The van der Waals surface area contributed by atoms with Gasteiger partial charge in [-0.15, -0.1) is 0 Å². The van der Waals surface area contributed by atoms with Crippen LogP contribution in [0.2, 0.25) is 0 Å². The van der Waals surface area contributed by atoms with Crippen LogP contribution in [-0.2, 0) is 14.3 Å². The molecule has 1 aliphatic heterocycles. The minimum absolute atomic E-state index is 0.0110. The zero-order valence-corrected chi connectivity index (χ0v) is 19.4. The van der Waals surface area contributed by atoms with Crippen molar-refractivity contribution in [2.45, 2.75) is 31.7 Å². The van der Waals surface area contributed by atoms with Gasteiger partial charge >= 0.3 is 12.1 Å². The molecule has 0 radical (unpaired) electrons. The van der Waals surface area contributed by atoms with Gasteiger partial charge in [-0.2, -0.15) is 0 Å².